The summed E-state index contributed by atoms with van der Waals surface area (Å²) in [6, 6.07) is 18.6. The number of hydrogen-bond donors (Lipinski definition) is 1. The maximum Gasteiger partial charge on any atom is 0.222 e. The number of benzene rings is 2. The molecular weight excluding hydrogens is 302 g/mol. The Morgan fingerprint density at radius 1 is 1.04 bits per heavy atom. The standard InChI is InChI=1S/C19H21N3O2/c1-2-16-19(15-11-7-4-8-12-15)22(21-24)17(13-18(23)20-16)14-9-5-3-6-10-14/h3-12,16-17,19H,2,13H2,1H3,(H,20,23). The lowest BCUT2D eigenvalue weighted by atomic mass is 9.95. The second kappa shape index (κ2) is 7.25. The van der Waals surface area contributed by atoms with Crippen molar-refractivity contribution in [3.63, 3.8) is 0 Å². The van der Waals surface area contributed by atoms with E-state index in [4.69, 9.17) is 0 Å². The number of rotatable bonds is 4. The minimum atomic E-state index is -0.370. The number of hydrogen-bond acceptors (Lipinski definition) is 3. The highest BCUT2D eigenvalue weighted by Gasteiger charge is 2.39. The summed E-state index contributed by atoms with van der Waals surface area (Å²) in [6.45, 7) is 2.01. The van der Waals surface area contributed by atoms with Crippen LogP contribution in [0.25, 0.3) is 0 Å². The number of carbonyl (C=O) groups is 1. The molecule has 1 fully saturated rings. The molecule has 2 aromatic carbocycles. The van der Waals surface area contributed by atoms with E-state index in [-0.39, 0.29) is 30.5 Å². The largest absolute Gasteiger partial charge is 0.351 e. The minimum Gasteiger partial charge on any atom is -0.351 e. The van der Waals surface area contributed by atoms with Crippen LogP contribution in [0.1, 0.15) is 43.0 Å². The molecule has 1 heterocycles. The number of amides is 1. The van der Waals surface area contributed by atoms with Gasteiger partial charge < -0.3 is 5.32 Å². The second-order valence-corrected chi connectivity index (χ2v) is 6.03. The third kappa shape index (κ3) is 3.15. The normalized spacial score (nSPS) is 24.1. The Morgan fingerprint density at radius 2 is 1.62 bits per heavy atom. The molecule has 5 heteroatoms. The van der Waals surface area contributed by atoms with Crippen molar-refractivity contribution < 1.29 is 4.79 Å². The van der Waals surface area contributed by atoms with Crippen LogP contribution in [0.5, 0.6) is 0 Å². The molecule has 124 valence electrons. The molecule has 0 aromatic heterocycles. The summed E-state index contributed by atoms with van der Waals surface area (Å²) in [7, 11) is 0. The first-order valence-electron chi connectivity index (χ1n) is 8.25. The SMILES string of the molecule is CCC1NC(=O)CC(c2ccccc2)N(N=O)C1c1ccccc1. The fourth-order valence-electron chi connectivity index (χ4n) is 3.41. The Labute approximate surface area is 141 Å². The zero-order valence-corrected chi connectivity index (χ0v) is 13.6. The third-order valence-corrected chi connectivity index (χ3v) is 4.57. The smallest absolute Gasteiger partial charge is 0.222 e. The Balaban J connectivity index is 2.08. The summed E-state index contributed by atoms with van der Waals surface area (Å²) in [6.07, 6.45) is 0.939. The summed E-state index contributed by atoms with van der Waals surface area (Å²) in [5, 5.41) is 7.96. The van der Waals surface area contributed by atoms with Gasteiger partial charge in [0.25, 0.3) is 0 Å². The second-order valence-electron chi connectivity index (χ2n) is 6.03. The van der Waals surface area contributed by atoms with E-state index in [1.165, 1.54) is 0 Å². The van der Waals surface area contributed by atoms with Gasteiger partial charge in [0.15, 0.2) is 0 Å². The molecule has 0 saturated carbocycles. The van der Waals surface area contributed by atoms with Crippen molar-refractivity contribution >= 4 is 5.91 Å². The molecule has 3 atom stereocenters. The van der Waals surface area contributed by atoms with E-state index in [2.05, 4.69) is 10.6 Å². The molecule has 0 aliphatic carbocycles. The molecule has 3 unspecified atom stereocenters. The maximum atomic E-state index is 12.4. The monoisotopic (exact) mass is 323 g/mol. The predicted octanol–water partition coefficient (Wildman–Crippen LogP) is 3.75. The van der Waals surface area contributed by atoms with E-state index in [9.17, 15) is 9.70 Å². The number of carbonyl (C=O) groups excluding carboxylic acids is 1. The molecule has 1 aliphatic rings. The van der Waals surface area contributed by atoms with E-state index < -0.39 is 0 Å². The molecule has 1 N–H and O–H groups in total. The summed E-state index contributed by atoms with van der Waals surface area (Å²) < 4.78 is 0. The minimum absolute atomic E-state index is 0.0530. The summed E-state index contributed by atoms with van der Waals surface area (Å²) in [5.74, 6) is -0.0530. The molecule has 1 aliphatic heterocycles. The van der Waals surface area contributed by atoms with Gasteiger partial charge in [-0.1, -0.05) is 67.6 Å². The highest BCUT2D eigenvalue weighted by Crippen LogP contribution is 2.38. The molecule has 24 heavy (non-hydrogen) atoms. The van der Waals surface area contributed by atoms with Gasteiger partial charge in [0.1, 0.15) is 0 Å². The molecule has 3 rings (SSSR count). The van der Waals surface area contributed by atoms with Crippen molar-refractivity contribution in [2.24, 2.45) is 5.29 Å². The summed E-state index contributed by atoms with van der Waals surface area (Å²) >= 11 is 0. The van der Waals surface area contributed by atoms with Crippen LogP contribution in [-0.4, -0.2) is 17.0 Å². The lowest BCUT2D eigenvalue weighted by Gasteiger charge is -2.34. The van der Waals surface area contributed by atoms with Crippen molar-refractivity contribution in [1.82, 2.24) is 10.3 Å². The van der Waals surface area contributed by atoms with Gasteiger partial charge in [-0.3, -0.25) is 4.79 Å². The summed E-state index contributed by atoms with van der Waals surface area (Å²) in [4.78, 5) is 24.2. The van der Waals surface area contributed by atoms with E-state index >= 15 is 0 Å². The van der Waals surface area contributed by atoms with Crippen LogP contribution in [-0.2, 0) is 4.79 Å². The van der Waals surface area contributed by atoms with Crippen LogP contribution < -0.4 is 5.32 Å². The van der Waals surface area contributed by atoms with Crippen LogP contribution in [0, 0.1) is 4.91 Å². The van der Waals surface area contributed by atoms with Crippen LogP contribution in [0.3, 0.4) is 0 Å². The molecule has 0 spiro atoms. The number of nitroso groups, excluding NO2 is 1. The zero-order valence-electron chi connectivity index (χ0n) is 13.6. The average Bonchev–Trinajstić information content (AvgIpc) is 2.78. The lowest BCUT2D eigenvalue weighted by molar-refractivity contribution is -0.121. The van der Waals surface area contributed by atoms with Crippen molar-refractivity contribution in [3.8, 4) is 0 Å². The topological polar surface area (TPSA) is 61.8 Å². The van der Waals surface area contributed by atoms with Gasteiger partial charge in [-0.05, 0) is 17.5 Å². The van der Waals surface area contributed by atoms with Gasteiger partial charge in [-0.15, -0.1) is 4.91 Å². The quantitative estimate of drug-likeness (QED) is 0.872. The Hall–Kier alpha value is -2.69. The van der Waals surface area contributed by atoms with E-state index in [1.54, 1.807) is 5.01 Å². The van der Waals surface area contributed by atoms with Crippen LogP contribution in [0.2, 0.25) is 0 Å². The van der Waals surface area contributed by atoms with E-state index in [0.717, 1.165) is 17.5 Å². The van der Waals surface area contributed by atoms with Gasteiger partial charge in [0.2, 0.25) is 5.91 Å². The van der Waals surface area contributed by atoms with Crippen LogP contribution >= 0.6 is 0 Å². The first-order valence-corrected chi connectivity index (χ1v) is 8.25. The number of nitrogens with zero attached hydrogens (tertiary/aromatic N) is 2. The highest BCUT2D eigenvalue weighted by molar-refractivity contribution is 5.77. The fraction of sp³-hybridized carbons (Fsp3) is 0.316. The van der Waals surface area contributed by atoms with Crippen molar-refractivity contribution in [1.29, 1.82) is 0 Å². The summed E-state index contributed by atoms with van der Waals surface area (Å²) in [5.41, 5.74) is 1.90. The lowest BCUT2D eigenvalue weighted by Crippen LogP contribution is -2.40. The Bertz CT molecular complexity index is 690. The van der Waals surface area contributed by atoms with Gasteiger partial charge in [-0.25, -0.2) is 5.01 Å². The number of nitrogens with one attached hydrogen (secondary N) is 1. The molecule has 0 radical (unpaired) electrons. The maximum absolute atomic E-state index is 12.4. The molecule has 1 amide bonds. The fourth-order valence-corrected chi connectivity index (χ4v) is 3.41. The van der Waals surface area contributed by atoms with Crippen LogP contribution in [0.15, 0.2) is 65.9 Å². The average molecular weight is 323 g/mol. The van der Waals surface area contributed by atoms with Gasteiger partial charge in [-0.2, -0.15) is 0 Å². The van der Waals surface area contributed by atoms with E-state index in [0.29, 0.717) is 0 Å². The zero-order chi connectivity index (χ0) is 16.9. The first-order chi connectivity index (χ1) is 11.7. The van der Waals surface area contributed by atoms with Crippen molar-refractivity contribution in [3.05, 3.63) is 76.7 Å². The first kappa shape index (κ1) is 16.2. The highest BCUT2D eigenvalue weighted by atomic mass is 16.3. The molecule has 1 saturated heterocycles. The van der Waals surface area contributed by atoms with Gasteiger partial charge >= 0.3 is 0 Å². The molecular formula is C19H21N3O2. The molecule has 0 bridgehead atoms. The molecule has 2 aromatic rings. The van der Waals surface area contributed by atoms with Gasteiger partial charge in [0.05, 0.1) is 29.8 Å². The third-order valence-electron chi connectivity index (χ3n) is 4.57. The predicted molar refractivity (Wildman–Crippen MR) is 92.8 cm³/mol. The molecule has 5 nitrogen and oxygen atoms in total. The van der Waals surface area contributed by atoms with Gasteiger partial charge in [0, 0.05) is 0 Å². The Kier molecular flexibility index (Phi) is 4.89. The van der Waals surface area contributed by atoms with Crippen molar-refractivity contribution in [2.45, 2.75) is 37.9 Å². The Morgan fingerprint density at radius 3 is 2.17 bits per heavy atom. The van der Waals surface area contributed by atoms with E-state index in [1.807, 2.05) is 67.6 Å². The van der Waals surface area contributed by atoms with Crippen molar-refractivity contribution in [2.75, 3.05) is 0 Å². The van der Waals surface area contributed by atoms with Crippen LogP contribution in [0.4, 0.5) is 0 Å².